The molecule has 9 heteroatoms. The summed E-state index contributed by atoms with van der Waals surface area (Å²) in [6.07, 6.45) is 0. The van der Waals surface area contributed by atoms with Crippen molar-refractivity contribution in [2.24, 2.45) is 0 Å². The average Bonchev–Trinajstić information content (AvgIpc) is 2.62. The number of nitro benzene ring substituents is 1. The number of hydrogen-bond donors (Lipinski definition) is 0. The van der Waals surface area contributed by atoms with Gasteiger partial charge in [-0.2, -0.15) is 0 Å². The first-order chi connectivity index (χ1) is 12.5. The zero-order valence-corrected chi connectivity index (χ0v) is 14.1. The second-order valence-corrected chi connectivity index (χ2v) is 5.86. The third kappa shape index (κ3) is 3.75. The number of para-hydroxylation sites is 1. The van der Waals surface area contributed by atoms with Gasteiger partial charge in [0.05, 0.1) is 16.2 Å². The molecule has 0 radical (unpaired) electrons. The van der Waals surface area contributed by atoms with Gasteiger partial charge in [0.1, 0.15) is 18.9 Å². The van der Waals surface area contributed by atoms with Gasteiger partial charge in [-0.1, -0.05) is 23.7 Å². The van der Waals surface area contributed by atoms with Crippen LogP contribution in [0.2, 0.25) is 5.02 Å². The zero-order valence-electron chi connectivity index (χ0n) is 13.4. The summed E-state index contributed by atoms with van der Waals surface area (Å²) in [6, 6.07) is 10.7. The number of ether oxygens (including phenoxy) is 2. The molecule has 1 aliphatic rings. The second kappa shape index (κ2) is 7.40. The van der Waals surface area contributed by atoms with Crippen LogP contribution >= 0.6 is 11.6 Å². The van der Waals surface area contributed by atoms with Crippen LogP contribution in [0.15, 0.2) is 42.5 Å². The number of halogens is 1. The quantitative estimate of drug-likeness (QED) is 0.452. The van der Waals surface area contributed by atoms with Crippen LogP contribution < -0.4 is 9.64 Å². The van der Waals surface area contributed by atoms with Crippen LogP contribution in [0.25, 0.3) is 0 Å². The predicted molar refractivity (Wildman–Crippen MR) is 92.2 cm³/mol. The van der Waals surface area contributed by atoms with Gasteiger partial charge in [-0.15, -0.1) is 0 Å². The molecule has 0 aromatic heterocycles. The number of hydrogen-bond acceptors (Lipinski definition) is 6. The smallest absolute Gasteiger partial charge is 0.326 e. The van der Waals surface area contributed by atoms with Crippen molar-refractivity contribution in [2.45, 2.75) is 6.61 Å². The van der Waals surface area contributed by atoms with E-state index in [0.29, 0.717) is 16.5 Å². The number of carbonyl (C=O) groups is 2. The number of benzene rings is 2. The fraction of sp³-hybridized carbons (Fsp3) is 0.176. The van der Waals surface area contributed by atoms with Gasteiger partial charge in [-0.3, -0.25) is 24.6 Å². The Hall–Kier alpha value is -3.13. The first-order valence-electron chi connectivity index (χ1n) is 7.56. The molecule has 2 aromatic rings. The number of fused-ring (bicyclic) bond motifs is 1. The number of anilines is 1. The first-order valence-corrected chi connectivity index (χ1v) is 7.94. The molecule has 0 unspecified atom stereocenters. The van der Waals surface area contributed by atoms with Gasteiger partial charge in [-0.25, -0.2) is 0 Å². The normalized spacial score (nSPS) is 13.0. The van der Waals surface area contributed by atoms with Crippen LogP contribution in [0, 0.1) is 10.1 Å². The summed E-state index contributed by atoms with van der Waals surface area (Å²) in [4.78, 5) is 35.9. The van der Waals surface area contributed by atoms with E-state index in [4.69, 9.17) is 21.1 Å². The minimum atomic E-state index is -0.704. The predicted octanol–water partition coefficient (Wildman–Crippen LogP) is 2.72. The van der Waals surface area contributed by atoms with E-state index in [1.54, 1.807) is 18.2 Å². The first kappa shape index (κ1) is 17.7. The summed E-state index contributed by atoms with van der Waals surface area (Å²) in [5.41, 5.74) is 0.499. The largest absolute Gasteiger partial charge is 0.482 e. The molecule has 26 heavy (non-hydrogen) atoms. The van der Waals surface area contributed by atoms with Crippen LogP contribution in [0.1, 0.15) is 5.56 Å². The van der Waals surface area contributed by atoms with E-state index in [1.807, 2.05) is 0 Å². The van der Waals surface area contributed by atoms with Gasteiger partial charge < -0.3 is 9.47 Å². The van der Waals surface area contributed by atoms with Crippen molar-refractivity contribution in [2.75, 3.05) is 18.1 Å². The fourth-order valence-corrected chi connectivity index (χ4v) is 2.66. The van der Waals surface area contributed by atoms with Crippen molar-refractivity contribution >= 4 is 34.9 Å². The van der Waals surface area contributed by atoms with Gasteiger partial charge in [0.25, 0.3) is 11.6 Å². The Morgan fingerprint density at radius 2 is 2.08 bits per heavy atom. The van der Waals surface area contributed by atoms with E-state index in [1.165, 1.54) is 29.2 Å². The Kier molecular flexibility index (Phi) is 5.04. The summed E-state index contributed by atoms with van der Waals surface area (Å²) in [6.45, 7) is -0.820. The molecule has 2 aromatic carbocycles. The Labute approximate surface area is 153 Å². The molecule has 0 bridgehead atoms. The molecule has 1 heterocycles. The summed E-state index contributed by atoms with van der Waals surface area (Å²) in [5.74, 6) is -0.688. The summed E-state index contributed by atoms with van der Waals surface area (Å²) in [5, 5.41) is 11.4. The minimum Gasteiger partial charge on any atom is -0.482 e. The van der Waals surface area contributed by atoms with Crippen molar-refractivity contribution in [1.82, 2.24) is 0 Å². The van der Waals surface area contributed by atoms with E-state index in [-0.39, 0.29) is 31.0 Å². The molecule has 0 N–H and O–H groups in total. The molecule has 1 aliphatic heterocycles. The molecule has 0 aliphatic carbocycles. The van der Waals surface area contributed by atoms with E-state index in [0.717, 1.165) is 0 Å². The molecular weight excluding hydrogens is 364 g/mol. The fourth-order valence-electron chi connectivity index (χ4n) is 2.49. The summed E-state index contributed by atoms with van der Waals surface area (Å²) in [7, 11) is 0. The lowest BCUT2D eigenvalue weighted by molar-refractivity contribution is -0.385. The third-order valence-electron chi connectivity index (χ3n) is 3.73. The van der Waals surface area contributed by atoms with Gasteiger partial charge in [0, 0.05) is 11.1 Å². The van der Waals surface area contributed by atoms with Crippen molar-refractivity contribution in [1.29, 1.82) is 0 Å². The van der Waals surface area contributed by atoms with Crippen LogP contribution in [-0.2, 0) is 20.9 Å². The number of rotatable bonds is 5. The minimum absolute atomic E-state index is 0.139. The van der Waals surface area contributed by atoms with Crippen LogP contribution in [0.3, 0.4) is 0 Å². The number of nitro groups is 1. The van der Waals surface area contributed by atoms with E-state index >= 15 is 0 Å². The van der Waals surface area contributed by atoms with Crippen molar-refractivity contribution < 1.29 is 24.0 Å². The Balaban J connectivity index is 1.70. The Morgan fingerprint density at radius 1 is 1.31 bits per heavy atom. The summed E-state index contributed by atoms with van der Waals surface area (Å²) < 4.78 is 10.4. The monoisotopic (exact) mass is 376 g/mol. The third-order valence-corrected chi connectivity index (χ3v) is 3.96. The van der Waals surface area contributed by atoms with Crippen LogP contribution in [0.5, 0.6) is 5.75 Å². The van der Waals surface area contributed by atoms with Gasteiger partial charge in [0.15, 0.2) is 6.61 Å². The van der Waals surface area contributed by atoms with E-state index in [2.05, 4.69) is 0 Å². The van der Waals surface area contributed by atoms with Crippen molar-refractivity contribution in [3.8, 4) is 5.75 Å². The molecule has 0 saturated heterocycles. The average molecular weight is 377 g/mol. The molecule has 0 fully saturated rings. The number of nitrogens with zero attached hydrogens (tertiary/aromatic N) is 2. The SMILES string of the molecule is O=C(CN1C(=O)COc2ccc(Cl)cc21)OCc1ccccc1[N+](=O)[O-]. The van der Waals surface area contributed by atoms with Crippen molar-refractivity contribution in [3.63, 3.8) is 0 Å². The lowest BCUT2D eigenvalue weighted by Gasteiger charge is -2.28. The number of amides is 1. The number of esters is 1. The maximum Gasteiger partial charge on any atom is 0.326 e. The van der Waals surface area contributed by atoms with E-state index < -0.39 is 16.8 Å². The molecular formula is C17H13ClN2O6. The molecule has 0 atom stereocenters. The topological polar surface area (TPSA) is 99.0 Å². The highest BCUT2D eigenvalue weighted by molar-refractivity contribution is 6.31. The second-order valence-electron chi connectivity index (χ2n) is 5.43. The molecule has 0 saturated carbocycles. The lowest BCUT2D eigenvalue weighted by Crippen LogP contribution is -2.42. The van der Waals surface area contributed by atoms with E-state index in [9.17, 15) is 19.7 Å². The van der Waals surface area contributed by atoms with Gasteiger partial charge in [0.2, 0.25) is 0 Å². The maximum atomic E-state index is 12.1. The highest BCUT2D eigenvalue weighted by Gasteiger charge is 2.28. The van der Waals surface area contributed by atoms with Gasteiger partial charge in [-0.05, 0) is 24.3 Å². The standard InChI is InChI=1S/C17H13ClN2O6/c18-12-5-6-15-14(7-12)19(16(21)10-25-15)8-17(22)26-9-11-3-1-2-4-13(11)20(23)24/h1-7H,8-10H2. The summed E-state index contributed by atoms with van der Waals surface area (Å²) >= 11 is 5.94. The highest BCUT2D eigenvalue weighted by atomic mass is 35.5. The molecule has 8 nitrogen and oxygen atoms in total. The molecule has 134 valence electrons. The van der Waals surface area contributed by atoms with Crippen molar-refractivity contribution in [3.05, 3.63) is 63.2 Å². The Bertz CT molecular complexity index is 885. The zero-order chi connectivity index (χ0) is 18.7. The number of carbonyl (C=O) groups excluding carboxylic acids is 2. The van der Waals surface area contributed by atoms with Crippen LogP contribution in [0.4, 0.5) is 11.4 Å². The Morgan fingerprint density at radius 3 is 2.85 bits per heavy atom. The van der Waals surface area contributed by atoms with Crippen LogP contribution in [-0.4, -0.2) is 30.0 Å². The molecule has 3 rings (SSSR count). The molecule has 1 amide bonds. The lowest BCUT2D eigenvalue weighted by atomic mass is 10.2. The van der Waals surface area contributed by atoms with Gasteiger partial charge >= 0.3 is 5.97 Å². The molecule has 0 spiro atoms. The maximum absolute atomic E-state index is 12.1. The highest BCUT2D eigenvalue weighted by Crippen LogP contribution is 2.34.